The van der Waals surface area contributed by atoms with Crippen LogP contribution in [0.1, 0.15) is 32.1 Å². The summed E-state index contributed by atoms with van der Waals surface area (Å²) in [6, 6.07) is 0. The van der Waals surface area contributed by atoms with E-state index in [1.165, 1.54) is 101 Å². The van der Waals surface area contributed by atoms with Gasteiger partial charge in [-0.15, -0.1) is 11.8 Å². The zero-order chi connectivity index (χ0) is 25.8. The highest BCUT2D eigenvalue weighted by Gasteiger charge is 2.13. The Kier molecular flexibility index (Phi) is 25.8. The van der Waals surface area contributed by atoms with Gasteiger partial charge in [0.15, 0.2) is 9.84 Å². The van der Waals surface area contributed by atoms with Crippen molar-refractivity contribution in [1.29, 1.82) is 0 Å². The molecule has 0 amide bonds. The van der Waals surface area contributed by atoms with E-state index < -0.39 is 9.84 Å². The molecule has 0 radical (unpaired) electrons. The first kappa shape index (κ1) is 34.4. The predicted octanol–water partition coefficient (Wildman–Crippen LogP) is 0.343. The van der Waals surface area contributed by atoms with Crippen LogP contribution in [0.5, 0.6) is 0 Å². The molecule has 0 unspecified atom stereocenters. The fourth-order valence-corrected chi connectivity index (χ4v) is 6.12. The second-order valence-corrected chi connectivity index (χ2v) is 13.6. The predicted molar refractivity (Wildman–Crippen MR) is 160 cm³/mol. The summed E-state index contributed by atoms with van der Waals surface area (Å²) in [6.45, 7) is 13.7. The Hall–Kier alpha value is 0.370. The van der Waals surface area contributed by atoms with Gasteiger partial charge in [-0.3, -0.25) is 0 Å². The highest BCUT2D eigenvalue weighted by Crippen LogP contribution is 2.00. The lowest BCUT2D eigenvalue weighted by Crippen LogP contribution is -2.35. The number of morpholine rings is 1. The van der Waals surface area contributed by atoms with Crippen molar-refractivity contribution in [3.63, 3.8) is 0 Å². The molecule has 216 valence electrons. The molecule has 12 heteroatoms. The Morgan fingerprint density at radius 1 is 0.472 bits per heavy atom. The lowest BCUT2D eigenvalue weighted by molar-refractivity contribution is 0.109. The van der Waals surface area contributed by atoms with Gasteiger partial charge in [-0.1, -0.05) is 6.42 Å². The van der Waals surface area contributed by atoms with Gasteiger partial charge >= 0.3 is 0 Å². The number of nitrogens with one attached hydrogen (secondary N) is 6. The van der Waals surface area contributed by atoms with Crippen LogP contribution < -0.4 is 31.9 Å². The van der Waals surface area contributed by atoms with E-state index in [4.69, 9.17) is 4.74 Å². The first-order valence-corrected chi connectivity index (χ1v) is 18.0. The summed E-state index contributed by atoms with van der Waals surface area (Å²) in [5.74, 6) is 5.71. The van der Waals surface area contributed by atoms with Crippen LogP contribution in [0.4, 0.5) is 0 Å². The summed E-state index contributed by atoms with van der Waals surface area (Å²) in [5.41, 5.74) is 0. The van der Waals surface area contributed by atoms with Gasteiger partial charge in [-0.2, -0.15) is 11.8 Å². The van der Waals surface area contributed by atoms with Crippen LogP contribution >= 0.6 is 23.5 Å². The molecular weight excluding hydrogens is 517 g/mol. The average Bonchev–Trinajstić information content (AvgIpc) is 3.73. The van der Waals surface area contributed by atoms with Crippen molar-refractivity contribution in [2.24, 2.45) is 0 Å². The number of thioether (sulfide) groups is 2. The minimum atomic E-state index is -2.65. The molecule has 0 bridgehead atoms. The van der Waals surface area contributed by atoms with Gasteiger partial charge in [0.25, 0.3) is 0 Å². The van der Waals surface area contributed by atoms with Gasteiger partial charge in [-0.05, 0) is 51.9 Å². The van der Waals surface area contributed by atoms with E-state index in [1.807, 2.05) is 23.5 Å². The molecule has 0 aliphatic carbocycles. The highest BCUT2D eigenvalue weighted by molar-refractivity contribution is 7.99. The van der Waals surface area contributed by atoms with E-state index in [0.717, 1.165) is 26.3 Å². The third-order valence-electron chi connectivity index (χ3n) is 5.66. The van der Waals surface area contributed by atoms with Crippen molar-refractivity contribution in [2.75, 3.05) is 120 Å². The van der Waals surface area contributed by atoms with Crippen LogP contribution in [0.2, 0.25) is 0 Å². The molecule has 0 aromatic carbocycles. The van der Waals surface area contributed by atoms with Crippen LogP contribution in [0.3, 0.4) is 0 Å². The summed E-state index contributed by atoms with van der Waals surface area (Å²) in [7, 11) is -2.65. The Bertz CT molecular complexity index is 441. The largest absolute Gasteiger partial charge is 0.379 e. The molecule has 6 heterocycles. The fraction of sp³-hybridized carbons (Fsp3) is 1.00. The number of ether oxygens (including phenoxy) is 1. The van der Waals surface area contributed by atoms with Crippen LogP contribution in [0, 0.1) is 0 Å². The van der Waals surface area contributed by atoms with Gasteiger partial charge < -0.3 is 36.6 Å². The van der Waals surface area contributed by atoms with Crippen LogP contribution in [-0.2, 0) is 14.6 Å². The van der Waals surface area contributed by atoms with Crippen LogP contribution in [0.15, 0.2) is 0 Å². The summed E-state index contributed by atoms with van der Waals surface area (Å²) in [4.78, 5) is 0. The zero-order valence-electron chi connectivity index (χ0n) is 22.4. The van der Waals surface area contributed by atoms with Gasteiger partial charge in [0.05, 0.1) is 24.7 Å². The minimum Gasteiger partial charge on any atom is -0.379 e. The number of hydrogen-bond acceptors (Lipinski definition) is 11. The summed E-state index contributed by atoms with van der Waals surface area (Å²) in [6.07, 6.45) is 6.99. The number of rotatable bonds is 0. The van der Waals surface area contributed by atoms with E-state index >= 15 is 0 Å². The van der Waals surface area contributed by atoms with E-state index in [2.05, 4.69) is 31.9 Å². The molecule has 6 rings (SSSR count). The molecule has 6 aliphatic rings. The quantitative estimate of drug-likeness (QED) is 0.242. The second-order valence-electron chi connectivity index (χ2n) is 8.95. The third-order valence-corrected chi connectivity index (χ3v) is 9.20. The van der Waals surface area contributed by atoms with Gasteiger partial charge in [-0.25, -0.2) is 8.42 Å². The molecular formula is C24H54N6O3S3. The molecule has 9 nitrogen and oxygen atoms in total. The topological polar surface area (TPSA) is 116 Å². The molecule has 6 saturated heterocycles. The van der Waals surface area contributed by atoms with Gasteiger partial charge in [0, 0.05) is 68.9 Å². The molecule has 6 N–H and O–H groups in total. The Balaban J connectivity index is 0.000000217. The Morgan fingerprint density at radius 3 is 1.11 bits per heavy atom. The molecule has 6 fully saturated rings. The third kappa shape index (κ3) is 26.0. The van der Waals surface area contributed by atoms with E-state index in [1.54, 1.807) is 0 Å². The summed E-state index contributed by atoms with van der Waals surface area (Å²) < 4.78 is 26.2. The number of sulfone groups is 1. The maximum absolute atomic E-state index is 10.6. The van der Waals surface area contributed by atoms with Crippen molar-refractivity contribution >= 4 is 33.4 Å². The minimum absolute atomic E-state index is 0.312. The summed E-state index contributed by atoms with van der Waals surface area (Å²) >= 11 is 4.00. The van der Waals surface area contributed by atoms with Crippen molar-refractivity contribution in [2.45, 2.75) is 32.1 Å². The Labute approximate surface area is 229 Å². The van der Waals surface area contributed by atoms with Crippen molar-refractivity contribution in [3.05, 3.63) is 0 Å². The van der Waals surface area contributed by atoms with Crippen molar-refractivity contribution in [3.8, 4) is 0 Å². The zero-order valence-corrected chi connectivity index (χ0v) is 24.9. The lowest BCUT2D eigenvalue weighted by Gasteiger charge is -2.10. The maximum Gasteiger partial charge on any atom is 0.152 e. The maximum atomic E-state index is 10.6. The second kappa shape index (κ2) is 27.0. The number of piperidine rings is 1. The monoisotopic (exact) mass is 570 g/mol. The van der Waals surface area contributed by atoms with Gasteiger partial charge in [0.1, 0.15) is 0 Å². The molecule has 0 spiro atoms. The average molecular weight is 571 g/mol. The molecule has 36 heavy (non-hydrogen) atoms. The molecule has 6 aliphatic heterocycles. The first-order chi connectivity index (χ1) is 17.7. The molecule has 0 saturated carbocycles. The number of hydrogen-bond donors (Lipinski definition) is 6. The first-order valence-electron chi connectivity index (χ1n) is 13.9. The van der Waals surface area contributed by atoms with Gasteiger partial charge in [0.2, 0.25) is 0 Å². The summed E-state index contributed by atoms with van der Waals surface area (Å²) in [5, 5.41) is 19.1. The smallest absolute Gasteiger partial charge is 0.152 e. The molecule has 0 atom stereocenters. The highest BCUT2D eigenvalue weighted by atomic mass is 32.2. The van der Waals surface area contributed by atoms with Crippen LogP contribution in [-0.4, -0.2) is 128 Å². The molecule has 0 aromatic heterocycles. The molecule has 0 aromatic rings. The standard InChI is InChI=1S/C5H11N.C4H9NO2S.C4H9NO.C4H9NS.C4H9N.C3H7NS/c1-2-4-6-5-3-1;6-8(7)3-1-5-2-4-8;2*1-3-6-4-2-5-1;1-2-4-5-3-1;1-2-5-3-4-1/h6H,1-5H2;5H,1-4H2;2*5H,1-4H2;5H,1-4H2;4H,1-3H2. The Morgan fingerprint density at radius 2 is 0.917 bits per heavy atom. The van der Waals surface area contributed by atoms with E-state index in [9.17, 15) is 8.42 Å². The SMILES string of the molecule is C1CCNC1.C1CCNCC1.C1COCCN1.C1CSCCN1.C1CSCN1.O=S1(=O)CCNCC1. The van der Waals surface area contributed by atoms with Crippen LogP contribution in [0.25, 0.3) is 0 Å². The van der Waals surface area contributed by atoms with E-state index in [0.29, 0.717) is 24.6 Å². The normalized spacial score (nSPS) is 24.8. The lowest BCUT2D eigenvalue weighted by atomic mass is 10.2. The van der Waals surface area contributed by atoms with Crippen molar-refractivity contribution in [1.82, 2.24) is 31.9 Å². The fourth-order valence-electron chi connectivity index (χ4n) is 3.50. The van der Waals surface area contributed by atoms with Crippen molar-refractivity contribution < 1.29 is 13.2 Å². The van der Waals surface area contributed by atoms with E-state index in [-0.39, 0.29) is 0 Å².